The minimum absolute atomic E-state index is 0.0941. The van der Waals surface area contributed by atoms with Gasteiger partial charge in [-0.25, -0.2) is 4.18 Å². The second kappa shape index (κ2) is 36.5. The Labute approximate surface area is 274 Å². The maximum absolute atomic E-state index is 10.8. The summed E-state index contributed by atoms with van der Waals surface area (Å²) < 4.78 is 33.7. The topological polar surface area (TPSA) is 80.7 Å². The molecule has 0 fully saturated rings. The Balaban J connectivity index is 0. The molecule has 0 amide bonds. The summed E-state index contributed by atoms with van der Waals surface area (Å²) in [6, 6.07) is 0. The molecule has 0 aromatic rings. The van der Waals surface area contributed by atoms with E-state index in [0.717, 1.165) is 53.6 Å². The maximum Gasteiger partial charge on any atom is 0.397 e. The summed E-state index contributed by atoms with van der Waals surface area (Å²) in [5, 5.41) is 0. The predicted octanol–water partition coefficient (Wildman–Crippen LogP) is 11.0. The van der Waals surface area contributed by atoms with E-state index in [9.17, 15) is 13.2 Å². The molecule has 0 bridgehead atoms. The quantitative estimate of drug-likeness (QED) is 0.0365. The minimum Gasteiger partial charge on any atom is -0.264 e. The fraction of sp³-hybridized carbons (Fsp3) is 0.912. The van der Waals surface area contributed by atoms with Crippen LogP contribution >= 0.6 is 0 Å². The van der Waals surface area contributed by atoms with Gasteiger partial charge in [-0.3, -0.25) is 4.55 Å². The molecule has 5 nitrogen and oxygen atoms in total. The van der Waals surface area contributed by atoms with E-state index in [4.69, 9.17) is 4.55 Å². The van der Waals surface area contributed by atoms with Crippen LogP contribution in [0.1, 0.15) is 194 Å². The van der Waals surface area contributed by atoms with Gasteiger partial charge in [-0.1, -0.05) is 129 Å². The zero-order valence-electron chi connectivity index (χ0n) is 27.6. The first-order chi connectivity index (χ1) is 19.8. The molecule has 0 saturated carbocycles. The molecule has 0 aliphatic rings. The fourth-order valence-electron chi connectivity index (χ4n) is 4.91. The average molecular weight is 611 g/mol. The van der Waals surface area contributed by atoms with Crippen LogP contribution in [0.2, 0.25) is 0 Å². The molecule has 1 N–H and O–H groups in total. The third kappa shape index (κ3) is 47.4. The second-order valence-electron chi connectivity index (χ2n) is 11.9. The molecular formula is C34H67NaO5S. The van der Waals surface area contributed by atoms with Gasteiger partial charge in [-0.05, 0) is 6.42 Å². The molecule has 0 aliphatic heterocycles. The van der Waals surface area contributed by atoms with Crippen LogP contribution in [0.5, 0.6) is 0 Å². The van der Waals surface area contributed by atoms with Crippen LogP contribution < -0.4 is 0 Å². The molecule has 0 aromatic heterocycles. The minimum atomic E-state index is -4.24. The molecule has 0 heterocycles. The zero-order chi connectivity index (χ0) is 30.7. The number of carbonyl (C=O) groups is 1. The molecule has 0 aromatic carbocycles. The molecular weight excluding hydrogens is 543 g/mol. The maximum atomic E-state index is 10.8. The van der Waals surface area contributed by atoms with Crippen molar-refractivity contribution in [3.8, 4) is 0 Å². The summed E-state index contributed by atoms with van der Waals surface area (Å²) in [5.74, 6) is 0. The SMILES string of the molecule is CCCCCCCC/C=C\CCCCCCC[C](=O)[Na].CCCCCCCCCCCCCCCCOS(=O)(=O)O. The van der Waals surface area contributed by atoms with Crippen LogP contribution in [0.25, 0.3) is 0 Å². The molecule has 0 aliphatic carbocycles. The van der Waals surface area contributed by atoms with Crippen LogP contribution in [0, 0.1) is 0 Å². The van der Waals surface area contributed by atoms with Gasteiger partial charge in [-0.15, -0.1) is 0 Å². The summed E-state index contributed by atoms with van der Waals surface area (Å²) in [6.07, 6.45) is 40.4. The van der Waals surface area contributed by atoms with Gasteiger partial charge in [0, 0.05) is 0 Å². The first kappa shape index (κ1) is 43.4. The Bertz CT molecular complexity index is 652. The van der Waals surface area contributed by atoms with Crippen molar-refractivity contribution in [2.24, 2.45) is 0 Å². The van der Waals surface area contributed by atoms with Crippen molar-refractivity contribution in [2.45, 2.75) is 194 Å². The van der Waals surface area contributed by atoms with Crippen molar-refractivity contribution in [1.82, 2.24) is 0 Å². The molecule has 41 heavy (non-hydrogen) atoms. The Kier molecular flexibility index (Phi) is 38.6. The summed E-state index contributed by atoms with van der Waals surface area (Å²) in [5.41, 5.74) is 0. The van der Waals surface area contributed by atoms with E-state index < -0.39 is 10.4 Å². The van der Waals surface area contributed by atoms with Crippen LogP contribution in [0.4, 0.5) is 0 Å². The normalized spacial score (nSPS) is 11.6. The van der Waals surface area contributed by atoms with Gasteiger partial charge in [-0.2, -0.15) is 8.42 Å². The van der Waals surface area contributed by atoms with Crippen LogP contribution in [0.15, 0.2) is 12.2 Å². The zero-order valence-corrected chi connectivity index (χ0v) is 30.5. The molecule has 0 saturated heterocycles. The molecule has 0 rings (SSSR count). The van der Waals surface area contributed by atoms with Crippen molar-refractivity contribution >= 4 is 41.4 Å². The summed E-state index contributed by atoms with van der Waals surface area (Å²) in [4.78, 5) is 10.8. The molecule has 7 heteroatoms. The number of hydrogen-bond acceptors (Lipinski definition) is 4. The molecule has 0 unspecified atom stereocenters. The van der Waals surface area contributed by atoms with Crippen LogP contribution in [-0.4, -0.2) is 50.5 Å². The largest absolute Gasteiger partial charge is 0.397 e. The standard InChI is InChI=1S/C18H33O.C16H34O4S.Na/c1-2-3-4-5-6-7-8-9-10-11-12-13-14-15-16-17-18-19;1-2-3-4-5-6-7-8-9-10-11-12-13-14-15-16-20-21(17,18)19;/h9-10H,2-8,11-17H2,1H3;2-16H2,1H3,(H,17,18,19);/b10-9-;;. The third-order valence-corrected chi connectivity index (χ3v) is 8.49. The van der Waals surface area contributed by atoms with Gasteiger partial charge in [0.25, 0.3) is 0 Å². The summed E-state index contributed by atoms with van der Waals surface area (Å²) in [6.45, 7) is 4.62. The Hall–Kier alpha value is 0.280. The third-order valence-electron chi connectivity index (χ3n) is 7.52. The van der Waals surface area contributed by atoms with Gasteiger partial charge in [0.2, 0.25) is 0 Å². The monoisotopic (exact) mass is 610 g/mol. The first-order valence-electron chi connectivity index (χ1n) is 17.6. The number of allylic oxidation sites excluding steroid dienone is 2. The smallest absolute Gasteiger partial charge is 0.264 e. The Morgan fingerprint density at radius 3 is 1.22 bits per heavy atom. The van der Waals surface area contributed by atoms with Gasteiger partial charge < -0.3 is 0 Å². The van der Waals surface area contributed by atoms with Crippen molar-refractivity contribution in [3.05, 3.63) is 12.2 Å². The number of unbranched alkanes of at least 4 members (excludes halogenated alkanes) is 24. The van der Waals surface area contributed by atoms with E-state index in [1.54, 1.807) is 0 Å². The predicted molar refractivity (Wildman–Crippen MR) is 178 cm³/mol. The van der Waals surface area contributed by atoms with E-state index in [2.05, 4.69) is 30.2 Å². The van der Waals surface area contributed by atoms with E-state index in [-0.39, 0.29) is 6.61 Å². The van der Waals surface area contributed by atoms with Crippen LogP contribution in [-0.2, 0) is 19.4 Å². The van der Waals surface area contributed by atoms with E-state index in [1.165, 1.54) is 148 Å². The summed E-state index contributed by atoms with van der Waals surface area (Å²) >= 11 is 0.742. The van der Waals surface area contributed by atoms with Crippen molar-refractivity contribution < 1.29 is 21.9 Å². The van der Waals surface area contributed by atoms with Crippen molar-refractivity contribution in [3.63, 3.8) is 0 Å². The fourth-order valence-corrected chi connectivity index (χ4v) is 5.59. The average Bonchev–Trinajstić information content (AvgIpc) is 2.92. The van der Waals surface area contributed by atoms with Gasteiger partial charge in [0.1, 0.15) is 0 Å². The van der Waals surface area contributed by atoms with E-state index in [1.807, 2.05) is 0 Å². The molecule has 240 valence electrons. The van der Waals surface area contributed by atoms with Gasteiger partial charge >= 0.3 is 116 Å². The van der Waals surface area contributed by atoms with Gasteiger partial charge in [0.15, 0.2) is 0 Å². The number of hydrogen-bond donors (Lipinski definition) is 1. The van der Waals surface area contributed by atoms with Crippen molar-refractivity contribution in [2.75, 3.05) is 6.61 Å². The van der Waals surface area contributed by atoms with E-state index in [0.29, 0.717) is 9.45 Å². The molecule has 0 spiro atoms. The Morgan fingerprint density at radius 1 is 0.561 bits per heavy atom. The van der Waals surface area contributed by atoms with Gasteiger partial charge in [0.05, 0.1) is 6.61 Å². The molecule has 0 radical (unpaired) electrons. The van der Waals surface area contributed by atoms with Crippen molar-refractivity contribution in [1.29, 1.82) is 0 Å². The molecule has 0 atom stereocenters. The number of rotatable bonds is 31. The number of carbonyl (C=O) groups excluding carboxylic acids is 1. The van der Waals surface area contributed by atoms with Crippen LogP contribution in [0.3, 0.4) is 0 Å². The van der Waals surface area contributed by atoms with E-state index >= 15 is 0 Å². The summed E-state index contributed by atoms with van der Waals surface area (Å²) in [7, 11) is -4.24. The second-order valence-corrected chi connectivity index (χ2v) is 14.1. The first-order valence-corrected chi connectivity index (χ1v) is 20.0. The Morgan fingerprint density at radius 2 is 0.878 bits per heavy atom.